The SMILES string of the molecule is C=C1C(COP(=O)(NC(C)C(=O)OC(C)C)Oc2ccc3c(c2)OCO3)OC(n2ccc(=O)[nH]c2=O)C1C. The Bertz CT molecular complexity index is 1370. The Hall–Kier alpha value is -3.38. The van der Waals surface area contributed by atoms with Gasteiger partial charge in [-0.3, -0.25) is 23.7 Å². The Kier molecular flexibility index (Phi) is 8.12. The highest BCUT2D eigenvalue weighted by Gasteiger charge is 2.40. The van der Waals surface area contributed by atoms with Crippen LogP contribution in [0.15, 0.2) is 52.2 Å². The number of aromatic nitrogens is 2. The number of benzene rings is 1. The van der Waals surface area contributed by atoms with Crippen molar-refractivity contribution in [2.24, 2.45) is 5.92 Å². The van der Waals surface area contributed by atoms with E-state index in [0.29, 0.717) is 17.1 Å². The summed E-state index contributed by atoms with van der Waals surface area (Å²) in [7, 11) is -4.21. The highest BCUT2D eigenvalue weighted by Crippen LogP contribution is 2.48. The normalized spacial score (nSPS) is 22.8. The third-order valence-electron chi connectivity index (χ3n) is 5.88. The summed E-state index contributed by atoms with van der Waals surface area (Å²) in [4.78, 5) is 38.3. The van der Waals surface area contributed by atoms with Gasteiger partial charge in [-0.1, -0.05) is 13.5 Å². The summed E-state index contributed by atoms with van der Waals surface area (Å²) < 4.78 is 48.4. The van der Waals surface area contributed by atoms with Gasteiger partial charge in [0.2, 0.25) is 6.79 Å². The summed E-state index contributed by atoms with van der Waals surface area (Å²) >= 11 is 0. The molecule has 0 saturated carbocycles. The van der Waals surface area contributed by atoms with E-state index in [1.165, 1.54) is 35.9 Å². The summed E-state index contributed by atoms with van der Waals surface area (Å²) in [6, 6.07) is 4.76. The van der Waals surface area contributed by atoms with E-state index in [0.717, 1.165) is 0 Å². The van der Waals surface area contributed by atoms with E-state index in [4.69, 9.17) is 28.0 Å². The molecule has 2 aliphatic heterocycles. The molecule has 2 N–H and O–H groups in total. The van der Waals surface area contributed by atoms with Gasteiger partial charge in [0.05, 0.1) is 12.7 Å². The Labute approximate surface area is 218 Å². The van der Waals surface area contributed by atoms with E-state index in [-0.39, 0.29) is 31.2 Å². The molecule has 5 atom stereocenters. The van der Waals surface area contributed by atoms with Gasteiger partial charge in [-0.2, -0.15) is 5.09 Å². The number of nitrogens with zero attached hydrogens (tertiary/aromatic N) is 1. The lowest BCUT2D eigenvalue weighted by atomic mass is 10.0. The van der Waals surface area contributed by atoms with Crippen LogP contribution in [0.4, 0.5) is 0 Å². The zero-order valence-corrected chi connectivity index (χ0v) is 22.3. The van der Waals surface area contributed by atoms with Crippen LogP contribution in [-0.2, 0) is 23.4 Å². The van der Waals surface area contributed by atoms with Crippen LogP contribution in [-0.4, -0.2) is 47.2 Å². The van der Waals surface area contributed by atoms with Crippen molar-refractivity contribution in [3.8, 4) is 17.2 Å². The molecule has 3 heterocycles. The predicted octanol–water partition coefficient (Wildman–Crippen LogP) is 2.49. The minimum absolute atomic E-state index is 0.0438. The molecule has 4 rings (SSSR count). The van der Waals surface area contributed by atoms with Crippen LogP contribution < -0.4 is 30.3 Å². The maximum absolute atomic E-state index is 13.9. The maximum Gasteiger partial charge on any atom is 0.459 e. The molecular weight excluding hydrogens is 521 g/mol. The number of H-pyrrole nitrogens is 1. The number of hydrogen-bond acceptors (Lipinski definition) is 10. The van der Waals surface area contributed by atoms with Crippen molar-refractivity contribution >= 4 is 13.7 Å². The lowest BCUT2D eigenvalue weighted by molar-refractivity contribution is -0.149. The van der Waals surface area contributed by atoms with Gasteiger partial charge in [-0.25, -0.2) is 9.36 Å². The summed E-state index contributed by atoms with van der Waals surface area (Å²) in [5.74, 6) is 0.0618. The average molecular weight is 551 g/mol. The van der Waals surface area contributed by atoms with Crippen molar-refractivity contribution in [1.29, 1.82) is 0 Å². The van der Waals surface area contributed by atoms with E-state index < -0.39 is 43.3 Å². The van der Waals surface area contributed by atoms with Gasteiger partial charge in [0.25, 0.3) is 5.56 Å². The van der Waals surface area contributed by atoms with Gasteiger partial charge in [0.1, 0.15) is 24.1 Å². The van der Waals surface area contributed by atoms with Crippen LogP contribution in [0.25, 0.3) is 0 Å². The number of nitrogens with one attached hydrogen (secondary N) is 2. The molecule has 1 fully saturated rings. The lowest BCUT2D eigenvalue weighted by Crippen LogP contribution is -2.36. The fourth-order valence-electron chi connectivity index (χ4n) is 3.88. The van der Waals surface area contributed by atoms with Crippen LogP contribution in [0.1, 0.15) is 33.9 Å². The summed E-state index contributed by atoms with van der Waals surface area (Å²) in [6.45, 7) is 10.5. The molecule has 2 aliphatic rings. The number of carbonyl (C=O) groups is 1. The number of aromatic amines is 1. The van der Waals surface area contributed by atoms with Crippen molar-refractivity contribution in [2.45, 2.75) is 52.2 Å². The highest BCUT2D eigenvalue weighted by atomic mass is 31.2. The Morgan fingerprint density at radius 3 is 2.68 bits per heavy atom. The molecule has 0 spiro atoms. The van der Waals surface area contributed by atoms with E-state index in [9.17, 15) is 18.9 Å². The minimum atomic E-state index is -4.21. The molecule has 1 saturated heterocycles. The van der Waals surface area contributed by atoms with Crippen LogP contribution in [0.3, 0.4) is 0 Å². The third kappa shape index (κ3) is 6.18. The number of carbonyl (C=O) groups excluding carboxylic acids is 1. The molecule has 0 amide bonds. The Morgan fingerprint density at radius 1 is 1.24 bits per heavy atom. The first-order valence-electron chi connectivity index (χ1n) is 11.9. The molecule has 13 nitrogen and oxygen atoms in total. The smallest absolute Gasteiger partial charge is 0.459 e. The standard InChI is InChI=1S/C24H30N3O10P/c1-13(2)35-23(29)16(5)26-38(31,37-17-6-7-18-19(10-17)33-12-32-18)34-11-20-14(3)15(4)22(36-20)27-9-8-21(28)25-24(27)30/h6-10,13,15-16,20,22H,3,11-12H2,1-2,4-5H3,(H,26,31)(H,25,28,30). The van der Waals surface area contributed by atoms with Crippen molar-refractivity contribution in [3.63, 3.8) is 0 Å². The Balaban J connectivity index is 1.52. The zero-order chi connectivity index (χ0) is 27.6. The molecule has 0 bridgehead atoms. The van der Waals surface area contributed by atoms with Crippen molar-refractivity contribution in [1.82, 2.24) is 14.6 Å². The fourth-order valence-corrected chi connectivity index (χ4v) is 5.37. The molecule has 5 unspecified atom stereocenters. The fraction of sp³-hybridized carbons (Fsp3) is 0.458. The molecule has 1 aromatic carbocycles. The Morgan fingerprint density at radius 2 is 1.97 bits per heavy atom. The van der Waals surface area contributed by atoms with Gasteiger partial charge < -0.3 is 23.5 Å². The third-order valence-corrected chi connectivity index (χ3v) is 7.52. The number of ether oxygens (including phenoxy) is 4. The van der Waals surface area contributed by atoms with Crippen LogP contribution in [0.5, 0.6) is 17.2 Å². The van der Waals surface area contributed by atoms with E-state index in [1.54, 1.807) is 26.8 Å². The molecule has 38 heavy (non-hydrogen) atoms. The molecule has 0 radical (unpaired) electrons. The first kappa shape index (κ1) is 27.6. The molecular formula is C24H30N3O10P. The predicted molar refractivity (Wildman–Crippen MR) is 134 cm³/mol. The summed E-state index contributed by atoms with van der Waals surface area (Å²) in [5, 5.41) is 2.61. The second kappa shape index (κ2) is 11.2. The topological polar surface area (TPSA) is 156 Å². The molecule has 2 aromatic rings. The second-order valence-electron chi connectivity index (χ2n) is 9.13. The number of fused-ring (bicyclic) bond motifs is 1. The largest absolute Gasteiger partial charge is 0.462 e. The van der Waals surface area contributed by atoms with Crippen molar-refractivity contribution < 1.29 is 37.4 Å². The number of esters is 1. The van der Waals surface area contributed by atoms with Crippen molar-refractivity contribution in [2.75, 3.05) is 13.4 Å². The average Bonchev–Trinajstić information content (AvgIpc) is 3.42. The van der Waals surface area contributed by atoms with E-state index in [1.807, 2.05) is 0 Å². The van der Waals surface area contributed by atoms with Gasteiger partial charge in [0.15, 0.2) is 11.5 Å². The quantitative estimate of drug-likeness (QED) is 0.254. The first-order valence-corrected chi connectivity index (χ1v) is 13.5. The summed E-state index contributed by atoms with van der Waals surface area (Å²) in [5.41, 5.74) is -0.594. The lowest BCUT2D eigenvalue weighted by Gasteiger charge is -2.24. The van der Waals surface area contributed by atoms with Gasteiger partial charge in [0, 0.05) is 24.2 Å². The molecule has 0 aliphatic carbocycles. The number of hydrogen-bond donors (Lipinski definition) is 2. The van der Waals surface area contributed by atoms with E-state index in [2.05, 4.69) is 16.7 Å². The first-order chi connectivity index (χ1) is 18.0. The zero-order valence-electron chi connectivity index (χ0n) is 21.4. The van der Waals surface area contributed by atoms with Crippen LogP contribution in [0.2, 0.25) is 0 Å². The monoisotopic (exact) mass is 551 g/mol. The van der Waals surface area contributed by atoms with E-state index >= 15 is 0 Å². The molecule has 14 heteroatoms. The number of rotatable bonds is 10. The van der Waals surface area contributed by atoms with Crippen molar-refractivity contribution in [3.05, 3.63) is 63.5 Å². The minimum Gasteiger partial charge on any atom is -0.462 e. The summed E-state index contributed by atoms with van der Waals surface area (Å²) in [6.07, 6.45) is -0.604. The van der Waals surface area contributed by atoms with Gasteiger partial charge in [-0.05, 0) is 38.5 Å². The molecule has 1 aromatic heterocycles. The second-order valence-corrected chi connectivity index (χ2v) is 10.8. The van der Waals surface area contributed by atoms with Gasteiger partial charge in [-0.15, -0.1) is 0 Å². The highest BCUT2D eigenvalue weighted by molar-refractivity contribution is 7.52. The van der Waals surface area contributed by atoms with Crippen LogP contribution in [0, 0.1) is 5.92 Å². The molecule has 206 valence electrons. The van der Waals surface area contributed by atoms with Crippen LogP contribution >= 0.6 is 7.75 Å². The maximum atomic E-state index is 13.9. The van der Waals surface area contributed by atoms with Gasteiger partial charge >= 0.3 is 19.4 Å².